The van der Waals surface area contributed by atoms with Gasteiger partial charge in [-0.25, -0.2) is 0 Å². The first kappa shape index (κ1) is 6.16. The molecule has 0 aliphatic rings. The van der Waals surface area contributed by atoms with Gasteiger partial charge in [-0.05, 0) is 6.07 Å². The Morgan fingerprint density at radius 2 is 2.36 bits per heavy atom. The average Bonchev–Trinajstić information content (AvgIpc) is 2.50. The molecule has 2 aromatic rings. The Hall–Kier alpha value is -1.57. The standard InChI is InChI=1S/C9H8N2/c1-2-7-5-10-6-9-8(7)3-4-11-9/h2-6,11H,1H2. The lowest BCUT2D eigenvalue weighted by molar-refractivity contribution is 1.33. The summed E-state index contributed by atoms with van der Waals surface area (Å²) in [5.74, 6) is 0. The molecule has 2 nitrogen and oxygen atoms in total. The topological polar surface area (TPSA) is 28.7 Å². The van der Waals surface area contributed by atoms with E-state index in [1.807, 2.05) is 30.7 Å². The van der Waals surface area contributed by atoms with E-state index in [9.17, 15) is 0 Å². The zero-order valence-electron chi connectivity index (χ0n) is 6.04. The summed E-state index contributed by atoms with van der Waals surface area (Å²) < 4.78 is 0. The average molecular weight is 144 g/mol. The first-order valence-corrected chi connectivity index (χ1v) is 3.45. The van der Waals surface area contributed by atoms with Crippen molar-refractivity contribution in [2.45, 2.75) is 0 Å². The lowest BCUT2D eigenvalue weighted by atomic mass is 10.2. The predicted molar refractivity (Wildman–Crippen MR) is 46.2 cm³/mol. The fourth-order valence-corrected chi connectivity index (χ4v) is 1.17. The number of hydrogen-bond acceptors (Lipinski definition) is 1. The van der Waals surface area contributed by atoms with Crippen LogP contribution in [0.3, 0.4) is 0 Å². The summed E-state index contributed by atoms with van der Waals surface area (Å²) in [6, 6.07) is 2.02. The molecule has 0 unspecified atom stereocenters. The lowest BCUT2D eigenvalue weighted by Gasteiger charge is -1.92. The number of fused-ring (bicyclic) bond motifs is 1. The van der Waals surface area contributed by atoms with Gasteiger partial charge in [0, 0.05) is 23.3 Å². The van der Waals surface area contributed by atoms with Crippen molar-refractivity contribution in [1.29, 1.82) is 0 Å². The maximum atomic E-state index is 4.05. The third-order valence-corrected chi connectivity index (χ3v) is 1.73. The monoisotopic (exact) mass is 144 g/mol. The zero-order chi connectivity index (χ0) is 7.68. The van der Waals surface area contributed by atoms with Crippen molar-refractivity contribution >= 4 is 17.0 Å². The highest BCUT2D eigenvalue weighted by Gasteiger charge is 1.96. The van der Waals surface area contributed by atoms with Crippen molar-refractivity contribution in [2.75, 3.05) is 0 Å². The Kier molecular flexibility index (Phi) is 1.25. The largest absolute Gasteiger partial charge is 0.360 e. The molecule has 1 N–H and O–H groups in total. The van der Waals surface area contributed by atoms with Crippen LogP contribution in [0.5, 0.6) is 0 Å². The number of rotatable bonds is 1. The molecule has 0 aliphatic heterocycles. The maximum absolute atomic E-state index is 4.05. The normalized spacial score (nSPS) is 10.2. The number of nitrogens with one attached hydrogen (secondary N) is 1. The van der Waals surface area contributed by atoms with E-state index in [4.69, 9.17) is 0 Å². The minimum atomic E-state index is 1.06. The molecule has 0 atom stereocenters. The zero-order valence-corrected chi connectivity index (χ0v) is 6.04. The summed E-state index contributed by atoms with van der Waals surface area (Å²) in [5.41, 5.74) is 2.13. The molecule has 11 heavy (non-hydrogen) atoms. The van der Waals surface area contributed by atoms with E-state index >= 15 is 0 Å². The van der Waals surface area contributed by atoms with Crippen LogP contribution in [-0.4, -0.2) is 9.97 Å². The van der Waals surface area contributed by atoms with Gasteiger partial charge in [0.1, 0.15) is 0 Å². The third-order valence-electron chi connectivity index (χ3n) is 1.73. The Morgan fingerprint density at radius 1 is 1.45 bits per heavy atom. The number of pyridine rings is 1. The smallest absolute Gasteiger partial charge is 0.0646 e. The fourth-order valence-electron chi connectivity index (χ4n) is 1.17. The molecule has 0 saturated heterocycles. The Bertz CT molecular complexity index is 387. The summed E-state index contributed by atoms with van der Waals surface area (Å²) in [4.78, 5) is 7.14. The van der Waals surface area contributed by atoms with Gasteiger partial charge in [-0.3, -0.25) is 4.98 Å². The molecule has 0 saturated carbocycles. The number of H-pyrrole nitrogens is 1. The van der Waals surface area contributed by atoms with E-state index in [1.165, 1.54) is 5.39 Å². The fraction of sp³-hybridized carbons (Fsp3) is 0. The van der Waals surface area contributed by atoms with Gasteiger partial charge in [0.05, 0.1) is 11.7 Å². The number of aromatic amines is 1. The van der Waals surface area contributed by atoms with Crippen molar-refractivity contribution in [3.63, 3.8) is 0 Å². The van der Waals surface area contributed by atoms with Gasteiger partial charge in [0.15, 0.2) is 0 Å². The number of nitrogens with zero attached hydrogens (tertiary/aromatic N) is 1. The molecule has 0 aliphatic carbocycles. The molecule has 0 spiro atoms. The molecule has 2 heterocycles. The predicted octanol–water partition coefficient (Wildman–Crippen LogP) is 2.21. The Labute approximate surface area is 64.6 Å². The van der Waals surface area contributed by atoms with E-state index in [-0.39, 0.29) is 0 Å². The van der Waals surface area contributed by atoms with Gasteiger partial charge >= 0.3 is 0 Å². The van der Waals surface area contributed by atoms with Crippen LogP contribution >= 0.6 is 0 Å². The van der Waals surface area contributed by atoms with Gasteiger partial charge in [0.2, 0.25) is 0 Å². The Morgan fingerprint density at radius 3 is 3.18 bits per heavy atom. The highest BCUT2D eigenvalue weighted by molar-refractivity contribution is 5.87. The molecule has 0 radical (unpaired) electrons. The molecule has 0 amide bonds. The van der Waals surface area contributed by atoms with Gasteiger partial charge in [-0.15, -0.1) is 0 Å². The minimum absolute atomic E-state index is 1.06. The van der Waals surface area contributed by atoms with Gasteiger partial charge in [-0.2, -0.15) is 0 Å². The lowest BCUT2D eigenvalue weighted by Crippen LogP contribution is -1.76. The molecule has 2 aromatic heterocycles. The summed E-state index contributed by atoms with van der Waals surface area (Å²) in [7, 11) is 0. The minimum Gasteiger partial charge on any atom is -0.360 e. The quantitative estimate of drug-likeness (QED) is 0.653. The van der Waals surface area contributed by atoms with Crippen LogP contribution in [0, 0.1) is 0 Å². The highest BCUT2D eigenvalue weighted by atomic mass is 14.7. The molecule has 2 rings (SSSR count). The number of hydrogen-bond donors (Lipinski definition) is 1. The van der Waals surface area contributed by atoms with E-state index in [2.05, 4.69) is 16.5 Å². The van der Waals surface area contributed by atoms with E-state index in [1.54, 1.807) is 0 Å². The second kappa shape index (κ2) is 2.23. The molecular formula is C9H8N2. The second-order valence-corrected chi connectivity index (χ2v) is 2.37. The SMILES string of the molecule is C=Cc1cncc2[nH]ccc12. The number of aromatic nitrogens is 2. The van der Waals surface area contributed by atoms with Gasteiger partial charge < -0.3 is 4.98 Å². The van der Waals surface area contributed by atoms with Crippen molar-refractivity contribution in [2.24, 2.45) is 0 Å². The molecule has 2 heteroatoms. The van der Waals surface area contributed by atoms with Gasteiger partial charge in [-0.1, -0.05) is 12.7 Å². The van der Waals surface area contributed by atoms with Crippen molar-refractivity contribution in [3.8, 4) is 0 Å². The van der Waals surface area contributed by atoms with E-state index < -0.39 is 0 Å². The molecular weight excluding hydrogens is 136 g/mol. The second-order valence-electron chi connectivity index (χ2n) is 2.37. The molecule has 0 aromatic carbocycles. The van der Waals surface area contributed by atoms with Crippen LogP contribution in [0.2, 0.25) is 0 Å². The first-order chi connectivity index (χ1) is 5.42. The summed E-state index contributed by atoms with van der Waals surface area (Å²) in [6.07, 6.45) is 7.33. The van der Waals surface area contributed by atoms with Crippen LogP contribution in [0.15, 0.2) is 31.2 Å². The third kappa shape index (κ3) is 0.835. The van der Waals surface area contributed by atoms with E-state index in [0.717, 1.165) is 11.1 Å². The van der Waals surface area contributed by atoms with Crippen LogP contribution < -0.4 is 0 Å². The molecule has 0 bridgehead atoms. The maximum Gasteiger partial charge on any atom is 0.0646 e. The van der Waals surface area contributed by atoms with E-state index in [0.29, 0.717) is 0 Å². The first-order valence-electron chi connectivity index (χ1n) is 3.45. The van der Waals surface area contributed by atoms with Crippen LogP contribution in [0.4, 0.5) is 0 Å². The summed E-state index contributed by atoms with van der Waals surface area (Å²) in [5, 5.41) is 1.18. The van der Waals surface area contributed by atoms with Crippen LogP contribution in [0.1, 0.15) is 5.56 Å². The summed E-state index contributed by atoms with van der Waals surface area (Å²) in [6.45, 7) is 3.71. The van der Waals surface area contributed by atoms with Crippen LogP contribution in [-0.2, 0) is 0 Å². The van der Waals surface area contributed by atoms with Crippen molar-refractivity contribution in [1.82, 2.24) is 9.97 Å². The van der Waals surface area contributed by atoms with Crippen molar-refractivity contribution in [3.05, 3.63) is 36.8 Å². The van der Waals surface area contributed by atoms with Crippen molar-refractivity contribution < 1.29 is 0 Å². The molecule has 54 valence electrons. The van der Waals surface area contributed by atoms with Crippen LogP contribution in [0.25, 0.3) is 17.0 Å². The highest BCUT2D eigenvalue weighted by Crippen LogP contribution is 2.15. The summed E-state index contributed by atoms with van der Waals surface area (Å²) >= 11 is 0. The Balaban J connectivity index is 2.88. The van der Waals surface area contributed by atoms with Gasteiger partial charge in [0.25, 0.3) is 0 Å². The molecule has 0 fully saturated rings.